The summed E-state index contributed by atoms with van der Waals surface area (Å²) in [6.07, 6.45) is 8.72. The summed E-state index contributed by atoms with van der Waals surface area (Å²) in [5, 5.41) is 58.7. The number of methoxy groups -OCH3 is 1. The molecular formula is C47H55NO12. The Morgan fingerprint density at radius 1 is 1.03 bits per heavy atom. The molecule has 13 nitrogen and oxygen atoms in total. The van der Waals surface area contributed by atoms with Crippen molar-refractivity contribution in [2.45, 2.75) is 116 Å². The van der Waals surface area contributed by atoms with Crippen LogP contribution in [0.15, 0.2) is 76.9 Å². The minimum absolute atomic E-state index is 0.0723. The average molecular weight is 826 g/mol. The summed E-state index contributed by atoms with van der Waals surface area (Å²) in [4.78, 5) is 54.0. The molecule has 0 aromatic heterocycles. The van der Waals surface area contributed by atoms with Gasteiger partial charge in [-0.25, -0.2) is 0 Å². The van der Waals surface area contributed by atoms with Gasteiger partial charge in [-0.05, 0) is 69.6 Å². The maximum absolute atomic E-state index is 14.0. The Hall–Kier alpha value is -5.18. The number of aliphatic hydroxyl groups excluding tert-OH is 2. The summed E-state index contributed by atoms with van der Waals surface area (Å²) in [5.74, 6) is -4.48. The number of phenols is 2. The molecule has 0 saturated carbocycles. The van der Waals surface area contributed by atoms with E-state index in [1.165, 1.54) is 49.0 Å². The van der Waals surface area contributed by atoms with Crippen molar-refractivity contribution in [2.75, 3.05) is 13.7 Å². The largest absolute Gasteiger partial charge is 0.507 e. The molecule has 1 saturated heterocycles. The van der Waals surface area contributed by atoms with Crippen molar-refractivity contribution in [3.63, 3.8) is 0 Å². The number of ether oxygens (including phenoxy) is 3. The van der Waals surface area contributed by atoms with Crippen LogP contribution in [0.5, 0.6) is 17.2 Å². The van der Waals surface area contributed by atoms with Crippen LogP contribution in [0.2, 0.25) is 0 Å². The van der Waals surface area contributed by atoms with Gasteiger partial charge in [0.15, 0.2) is 17.9 Å². The summed E-state index contributed by atoms with van der Waals surface area (Å²) < 4.78 is 17.6. The van der Waals surface area contributed by atoms with E-state index < -0.39 is 102 Å². The number of hydrogen-bond donors (Lipinski definition) is 6. The quantitative estimate of drug-likeness (QED) is 0.0783. The van der Waals surface area contributed by atoms with E-state index in [1.54, 1.807) is 19.9 Å². The molecule has 0 radical (unpaired) electrons. The average Bonchev–Trinajstić information content (AvgIpc) is 3.18. The molecule has 320 valence electrons. The number of amides is 1. The molecule has 0 spiro atoms. The van der Waals surface area contributed by atoms with Crippen LogP contribution in [0.3, 0.4) is 0 Å². The zero-order chi connectivity index (χ0) is 43.8. The number of phenolic OH excluding ortho intramolecular Hbond substituents is 2. The molecule has 2 aromatic rings. The van der Waals surface area contributed by atoms with Crippen molar-refractivity contribution in [1.82, 2.24) is 5.32 Å². The number of aliphatic hydroxyl groups is 3. The third-order valence-electron chi connectivity index (χ3n) is 12.2. The van der Waals surface area contributed by atoms with Gasteiger partial charge in [0.2, 0.25) is 11.7 Å². The summed E-state index contributed by atoms with van der Waals surface area (Å²) in [5.41, 5.74) is 0.672. The molecular weight excluding hydrogens is 771 g/mol. The van der Waals surface area contributed by atoms with Crippen LogP contribution in [-0.4, -0.2) is 92.6 Å². The van der Waals surface area contributed by atoms with Gasteiger partial charge in [-0.2, -0.15) is 0 Å². The second-order valence-corrected chi connectivity index (χ2v) is 17.0. The maximum Gasteiger partial charge on any atom is 0.244 e. The monoisotopic (exact) mass is 825 g/mol. The fourth-order valence-electron chi connectivity index (χ4n) is 8.97. The van der Waals surface area contributed by atoms with E-state index in [9.17, 15) is 44.7 Å². The first-order chi connectivity index (χ1) is 28.3. The standard InChI is InChI=1S/C47H55NO12/c1-24(16-17-30-26(3)13-10-18-46(30,5)6)11-8-12-25(2)19-35(51)48-31-20-36(59-27(4)41(31)52)60-33-22-47(57,34(50)23-49)21-29-38(33)45(56)40-39(43(29)54)42(53)28-14-9-15-32(58-7)37(28)44(40)55/h8-9,11-12,14-17,19,27,31,33,36,41,49,52,54,56-57H,10,13,18,20-23H2,1-7H3,(H,48,51)/b12-8+,17-16+,24-11+,25-19+. The van der Waals surface area contributed by atoms with Crippen LogP contribution in [0.4, 0.5) is 0 Å². The van der Waals surface area contributed by atoms with Crippen molar-refractivity contribution >= 4 is 23.3 Å². The second kappa shape index (κ2) is 17.4. The molecule has 1 aliphatic heterocycles. The van der Waals surface area contributed by atoms with E-state index in [2.05, 4.69) is 38.2 Å². The van der Waals surface area contributed by atoms with Crippen LogP contribution in [-0.2, 0) is 25.5 Å². The lowest BCUT2D eigenvalue weighted by Crippen LogP contribution is -2.55. The Morgan fingerprint density at radius 2 is 1.75 bits per heavy atom. The lowest BCUT2D eigenvalue weighted by atomic mass is 9.72. The third-order valence-corrected chi connectivity index (χ3v) is 12.2. The Morgan fingerprint density at radius 3 is 2.43 bits per heavy atom. The molecule has 6 N–H and O–H groups in total. The third kappa shape index (κ3) is 8.55. The van der Waals surface area contributed by atoms with Gasteiger partial charge >= 0.3 is 0 Å². The predicted octanol–water partition coefficient (Wildman–Crippen LogP) is 5.69. The molecule has 3 aliphatic carbocycles. The highest BCUT2D eigenvalue weighted by molar-refractivity contribution is 6.31. The number of carbonyl (C=O) groups excluding carboxylic acids is 4. The van der Waals surface area contributed by atoms with Crippen LogP contribution in [0.1, 0.15) is 123 Å². The molecule has 6 atom stereocenters. The van der Waals surface area contributed by atoms with Gasteiger partial charge in [0, 0.05) is 42.0 Å². The van der Waals surface area contributed by atoms with Crippen LogP contribution in [0, 0.1) is 5.41 Å². The van der Waals surface area contributed by atoms with Gasteiger partial charge in [0.05, 0.1) is 42.0 Å². The molecule has 6 unspecified atom stereocenters. The first-order valence-electron chi connectivity index (χ1n) is 20.3. The van der Waals surface area contributed by atoms with Gasteiger partial charge in [0.1, 0.15) is 35.6 Å². The zero-order valence-corrected chi connectivity index (χ0v) is 35.1. The first-order valence-corrected chi connectivity index (χ1v) is 20.3. The fraction of sp³-hybridized carbons (Fsp3) is 0.447. The van der Waals surface area contributed by atoms with E-state index >= 15 is 0 Å². The summed E-state index contributed by atoms with van der Waals surface area (Å²) in [6, 6.07) is 3.45. The highest BCUT2D eigenvalue weighted by atomic mass is 16.7. The minimum atomic E-state index is -2.33. The number of benzene rings is 2. The zero-order valence-electron chi connectivity index (χ0n) is 35.1. The van der Waals surface area contributed by atoms with Crippen LogP contribution in [0.25, 0.3) is 0 Å². The second-order valence-electron chi connectivity index (χ2n) is 17.0. The summed E-state index contributed by atoms with van der Waals surface area (Å²) in [7, 11) is 1.32. The lowest BCUT2D eigenvalue weighted by molar-refractivity contribution is -0.249. The number of carbonyl (C=O) groups is 4. The molecule has 4 aliphatic rings. The van der Waals surface area contributed by atoms with Crippen molar-refractivity contribution in [1.29, 1.82) is 0 Å². The molecule has 1 fully saturated rings. The molecule has 6 rings (SSSR count). The molecule has 1 heterocycles. The minimum Gasteiger partial charge on any atom is -0.507 e. The van der Waals surface area contributed by atoms with Gasteiger partial charge < -0.3 is 45.1 Å². The topological polar surface area (TPSA) is 209 Å². The van der Waals surface area contributed by atoms with Crippen molar-refractivity contribution in [3.05, 3.63) is 110 Å². The van der Waals surface area contributed by atoms with Gasteiger partial charge in [-0.3, -0.25) is 19.2 Å². The Kier molecular flexibility index (Phi) is 12.9. The molecule has 2 aromatic carbocycles. The highest BCUT2D eigenvalue weighted by Gasteiger charge is 2.50. The van der Waals surface area contributed by atoms with E-state index in [-0.39, 0.29) is 39.8 Å². The normalized spacial score (nSPS) is 26.9. The van der Waals surface area contributed by atoms with Crippen molar-refractivity contribution in [3.8, 4) is 17.2 Å². The number of aromatic hydroxyl groups is 2. The number of nitrogens with one attached hydrogen (secondary N) is 1. The predicted molar refractivity (Wildman–Crippen MR) is 222 cm³/mol. The fourth-order valence-corrected chi connectivity index (χ4v) is 8.97. The lowest BCUT2D eigenvalue weighted by Gasteiger charge is -2.42. The van der Waals surface area contributed by atoms with E-state index in [1.807, 2.05) is 19.1 Å². The summed E-state index contributed by atoms with van der Waals surface area (Å²) >= 11 is 0. The Balaban J connectivity index is 1.22. The van der Waals surface area contributed by atoms with Crippen molar-refractivity contribution < 1.29 is 58.9 Å². The summed E-state index contributed by atoms with van der Waals surface area (Å²) in [6.45, 7) is 11.0. The maximum atomic E-state index is 14.0. The smallest absolute Gasteiger partial charge is 0.244 e. The molecule has 0 bridgehead atoms. The van der Waals surface area contributed by atoms with Gasteiger partial charge in [-0.1, -0.05) is 67.5 Å². The number of allylic oxidation sites excluding steroid dienone is 9. The van der Waals surface area contributed by atoms with Crippen molar-refractivity contribution in [2.24, 2.45) is 5.41 Å². The van der Waals surface area contributed by atoms with E-state index in [0.717, 1.165) is 18.4 Å². The molecule has 13 heteroatoms. The SMILES string of the molecule is COc1cccc2c1C(=O)c1c(O)c3c(c(O)c1C2=O)CC(O)(C(=O)CO)CC3OC1CC(NC(=O)/C=C(C)/C=C/C=C(C)/C=C/C2=C(C)CCCC2(C)C)C(O)C(C)O1. The number of ketones is 3. The first kappa shape index (κ1) is 44.4. The van der Waals surface area contributed by atoms with E-state index in [4.69, 9.17) is 14.2 Å². The van der Waals surface area contributed by atoms with Crippen LogP contribution >= 0.6 is 0 Å². The Bertz CT molecular complexity index is 2260. The van der Waals surface area contributed by atoms with Crippen LogP contribution < -0.4 is 10.1 Å². The highest BCUT2D eigenvalue weighted by Crippen LogP contribution is 2.52. The van der Waals surface area contributed by atoms with Gasteiger partial charge in [0.25, 0.3) is 0 Å². The number of rotatable bonds is 11. The molecule has 1 amide bonds. The number of Topliss-reactive ketones (excluding diaryl/α,β-unsaturated/α-hetero) is 1. The Labute approximate surface area is 349 Å². The number of fused-ring (bicyclic) bond motifs is 3. The van der Waals surface area contributed by atoms with E-state index in [0.29, 0.717) is 5.57 Å². The molecule has 60 heavy (non-hydrogen) atoms. The number of hydrogen-bond acceptors (Lipinski definition) is 12. The van der Waals surface area contributed by atoms with Gasteiger partial charge in [-0.15, -0.1) is 0 Å².